The monoisotopic (exact) mass is 501 g/mol. The lowest BCUT2D eigenvalue weighted by Crippen LogP contribution is -2.29. The molecule has 1 saturated heterocycles. The highest BCUT2D eigenvalue weighted by Gasteiger charge is 2.26. The van der Waals surface area contributed by atoms with E-state index >= 15 is 0 Å². The number of fused-ring (bicyclic) bond motifs is 1. The second kappa shape index (κ2) is 9.87. The Morgan fingerprint density at radius 3 is 2.57 bits per heavy atom. The van der Waals surface area contributed by atoms with Gasteiger partial charge < -0.3 is 19.5 Å². The average molecular weight is 502 g/mol. The molecule has 0 radical (unpaired) electrons. The van der Waals surface area contributed by atoms with Crippen molar-refractivity contribution in [1.29, 1.82) is 5.26 Å². The Hall–Kier alpha value is -4.49. The number of ether oxygens (including phenoxy) is 3. The molecule has 1 aliphatic rings. The Kier molecular flexibility index (Phi) is 6.46. The second-order valence-electron chi connectivity index (χ2n) is 8.55. The Labute approximate surface area is 212 Å². The van der Waals surface area contributed by atoms with Crippen molar-refractivity contribution in [2.75, 3.05) is 27.9 Å². The van der Waals surface area contributed by atoms with Crippen molar-refractivity contribution in [3.05, 3.63) is 70.2 Å². The first kappa shape index (κ1) is 24.2. The second-order valence-corrected chi connectivity index (χ2v) is 8.55. The van der Waals surface area contributed by atoms with Gasteiger partial charge in [0.1, 0.15) is 5.82 Å². The van der Waals surface area contributed by atoms with Gasteiger partial charge >= 0.3 is 0 Å². The van der Waals surface area contributed by atoms with Gasteiger partial charge in [-0.05, 0) is 49.7 Å². The third-order valence-corrected chi connectivity index (χ3v) is 6.44. The molecule has 0 saturated carbocycles. The predicted molar refractivity (Wildman–Crippen MR) is 135 cm³/mol. The summed E-state index contributed by atoms with van der Waals surface area (Å²) < 4.78 is 31.8. The van der Waals surface area contributed by atoms with Crippen LogP contribution >= 0.6 is 0 Å². The van der Waals surface area contributed by atoms with Crippen molar-refractivity contribution in [3.63, 3.8) is 0 Å². The Morgan fingerprint density at radius 1 is 1.11 bits per heavy atom. The summed E-state index contributed by atoms with van der Waals surface area (Å²) in [4.78, 5) is 23.3. The van der Waals surface area contributed by atoms with Gasteiger partial charge in [-0.3, -0.25) is 9.36 Å². The van der Waals surface area contributed by atoms with Crippen LogP contribution in [0, 0.1) is 17.1 Å². The molecule has 1 unspecified atom stereocenters. The van der Waals surface area contributed by atoms with E-state index in [0.717, 1.165) is 19.4 Å². The average Bonchev–Trinajstić information content (AvgIpc) is 3.47. The van der Waals surface area contributed by atoms with E-state index in [2.05, 4.69) is 16.4 Å². The number of aromatic nitrogens is 3. The van der Waals surface area contributed by atoms with Gasteiger partial charge in [-0.25, -0.2) is 14.4 Å². The largest absolute Gasteiger partial charge is 0.494 e. The van der Waals surface area contributed by atoms with Gasteiger partial charge in [-0.15, -0.1) is 0 Å². The zero-order valence-corrected chi connectivity index (χ0v) is 20.5. The maximum Gasteiger partial charge on any atom is 0.266 e. The minimum atomic E-state index is -0.597. The van der Waals surface area contributed by atoms with Crippen LogP contribution in [0.1, 0.15) is 30.3 Å². The lowest BCUT2D eigenvalue weighted by Gasteiger charge is -2.20. The maximum atomic E-state index is 14.7. The number of methoxy groups -OCH3 is 3. The smallest absolute Gasteiger partial charge is 0.266 e. The van der Waals surface area contributed by atoms with E-state index in [1.807, 2.05) is 0 Å². The Morgan fingerprint density at radius 2 is 1.92 bits per heavy atom. The molecule has 2 aromatic heterocycles. The van der Waals surface area contributed by atoms with Gasteiger partial charge in [-0.2, -0.15) is 5.26 Å². The Balaban J connectivity index is 1.84. The summed E-state index contributed by atoms with van der Waals surface area (Å²) >= 11 is 0. The van der Waals surface area contributed by atoms with Crippen molar-refractivity contribution >= 4 is 10.9 Å². The highest BCUT2D eigenvalue weighted by atomic mass is 19.1. The molecule has 0 amide bonds. The molecule has 10 heteroatoms. The zero-order chi connectivity index (χ0) is 26.1. The molecule has 2 aromatic carbocycles. The summed E-state index contributed by atoms with van der Waals surface area (Å²) in [5.41, 5.74) is 1.74. The summed E-state index contributed by atoms with van der Waals surface area (Å²) in [5.74, 6) is 0.634. The minimum Gasteiger partial charge on any atom is -0.494 e. The van der Waals surface area contributed by atoms with Gasteiger partial charge in [0, 0.05) is 23.4 Å². The summed E-state index contributed by atoms with van der Waals surface area (Å²) in [5, 5.41) is 13.3. The number of benzene rings is 2. The quantitative estimate of drug-likeness (QED) is 0.423. The number of hydrogen-bond donors (Lipinski definition) is 1. The number of nitrogens with zero attached hydrogens (tertiary/aromatic N) is 4. The first-order chi connectivity index (χ1) is 18.0. The molecule has 3 heterocycles. The van der Waals surface area contributed by atoms with E-state index in [0.29, 0.717) is 39.8 Å². The molecule has 0 spiro atoms. The van der Waals surface area contributed by atoms with Crippen LogP contribution in [0.3, 0.4) is 0 Å². The first-order valence-electron chi connectivity index (χ1n) is 11.7. The molecule has 1 N–H and O–H groups in total. The summed E-state index contributed by atoms with van der Waals surface area (Å²) in [6.45, 7) is 0.773. The highest BCUT2D eigenvalue weighted by Crippen LogP contribution is 2.35. The molecule has 5 rings (SSSR count). The van der Waals surface area contributed by atoms with Crippen LogP contribution in [0.5, 0.6) is 17.4 Å². The van der Waals surface area contributed by atoms with Gasteiger partial charge in [-0.1, -0.05) is 0 Å². The van der Waals surface area contributed by atoms with E-state index in [9.17, 15) is 14.4 Å². The molecule has 188 valence electrons. The van der Waals surface area contributed by atoms with Crippen molar-refractivity contribution in [3.8, 4) is 40.3 Å². The van der Waals surface area contributed by atoms with Crippen LogP contribution in [0.4, 0.5) is 4.39 Å². The van der Waals surface area contributed by atoms with Gasteiger partial charge in [0.15, 0.2) is 17.3 Å². The van der Waals surface area contributed by atoms with E-state index in [1.165, 1.54) is 44.1 Å². The molecular formula is C27H24FN5O4. The summed E-state index contributed by atoms with van der Waals surface area (Å²) in [7, 11) is 4.37. The zero-order valence-electron chi connectivity index (χ0n) is 20.5. The van der Waals surface area contributed by atoms with Crippen molar-refractivity contribution in [2.45, 2.75) is 18.9 Å². The Bertz CT molecular complexity index is 1610. The number of nitriles is 1. The van der Waals surface area contributed by atoms with Crippen LogP contribution in [0.15, 0.2) is 47.4 Å². The summed E-state index contributed by atoms with van der Waals surface area (Å²) in [6, 6.07) is 11.1. The molecule has 4 aromatic rings. The predicted octanol–water partition coefficient (Wildman–Crippen LogP) is 3.91. The van der Waals surface area contributed by atoms with Gasteiger partial charge in [0.2, 0.25) is 0 Å². The molecule has 0 aliphatic carbocycles. The van der Waals surface area contributed by atoms with Crippen molar-refractivity contribution in [2.24, 2.45) is 0 Å². The first-order valence-corrected chi connectivity index (χ1v) is 11.7. The molecule has 9 nitrogen and oxygen atoms in total. The number of nitrogens with one attached hydrogen (secondary N) is 1. The lowest BCUT2D eigenvalue weighted by molar-refractivity contribution is 0.343. The van der Waals surface area contributed by atoms with E-state index in [1.54, 1.807) is 24.4 Å². The molecule has 1 fully saturated rings. The van der Waals surface area contributed by atoms with Crippen LogP contribution in [-0.2, 0) is 0 Å². The highest BCUT2D eigenvalue weighted by molar-refractivity contribution is 5.95. The third-order valence-electron chi connectivity index (χ3n) is 6.44. The molecule has 37 heavy (non-hydrogen) atoms. The molecule has 1 atom stereocenters. The minimum absolute atomic E-state index is 0.0705. The topological polar surface area (TPSA) is 111 Å². The molecule has 1 aliphatic heterocycles. The summed E-state index contributed by atoms with van der Waals surface area (Å²) in [6.07, 6.45) is 3.26. The standard InChI is InChI=1S/C27H24FN5O4/c1-35-22-7-6-17(12-20(22)28)33-25(21-5-4-8-30-21)32-24-18(9-15(13-29)10-19(24)27(33)34)16-11-23(36-2)26(37-3)31-14-16/h6-7,9-12,14,21,30H,4-5,8H2,1-3H3. The van der Waals surface area contributed by atoms with Gasteiger partial charge in [0.05, 0.1) is 55.6 Å². The van der Waals surface area contributed by atoms with Gasteiger partial charge in [0.25, 0.3) is 11.4 Å². The van der Waals surface area contributed by atoms with E-state index in [4.69, 9.17) is 19.2 Å². The number of halogens is 1. The van der Waals surface area contributed by atoms with Crippen LogP contribution in [0.25, 0.3) is 27.7 Å². The van der Waals surface area contributed by atoms with E-state index < -0.39 is 11.4 Å². The third kappa shape index (κ3) is 4.23. The molecule has 0 bridgehead atoms. The van der Waals surface area contributed by atoms with Crippen molar-refractivity contribution < 1.29 is 18.6 Å². The number of pyridine rings is 1. The van der Waals surface area contributed by atoms with Crippen LogP contribution in [0.2, 0.25) is 0 Å². The van der Waals surface area contributed by atoms with E-state index in [-0.39, 0.29) is 22.7 Å². The normalized spacial score (nSPS) is 14.9. The number of hydrogen-bond acceptors (Lipinski definition) is 8. The van der Waals surface area contributed by atoms with Crippen molar-refractivity contribution in [1.82, 2.24) is 19.9 Å². The SMILES string of the molecule is COc1ccc(-n2c(C3CCCN3)nc3c(-c4cnc(OC)c(OC)c4)cc(C#N)cc3c2=O)cc1F. The number of rotatable bonds is 6. The fourth-order valence-corrected chi connectivity index (χ4v) is 4.65. The maximum absolute atomic E-state index is 14.7. The van der Waals surface area contributed by atoms with Crippen LogP contribution in [-0.4, -0.2) is 42.4 Å². The fourth-order valence-electron chi connectivity index (χ4n) is 4.65. The molecular weight excluding hydrogens is 477 g/mol. The van der Waals surface area contributed by atoms with Crippen LogP contribution < -0.4 is 25.1 Å². The fraction of sp³-hybridized carbons (Fsp3) is 0.259. The lowest BCUT2D eigenvalue weighted by atomic mass is 10.00.